The summed E-state index contributed by atoms with van der Waals surface area (Å²) in [7, 11) is 0. The zero-order valence-electron chi connectivity index (χ0n) is 10.6. The summed E-state index contributed by atoms with van der Waals surface area (Å²) in [6, 6.07) is 5.84. The Labute approximate surface area is 115 Å². The van der Waals surface area contributed by atoms with Crippen molar-refractivity contribution in [3.8, 4) is 5.88 Å². The lowest BCUT2D eigenvalue weighted by atomic mass is 10.2. The molecule has 2 rings (SSSR count). The molecular formula is C12H16N4O2S. The molecule has 0 aliphatic rings. The van der Waals surface area contributed by atoms with Crippen molar-refractivity contribution in [1.29, 1.82) is 0 Å². The van der Waals surface area contributed by atoms with Crippen molar-refractivity contribution in [2.75, 3.05) is 13.2 Å². The van der Waals surface area contributed by atoms with E-state index in [2.05, 4.69) is 19.0 Å². The Hall–Kier alpha value is -1.57. The van der Waals surface area contributed by atoms with E-state index in [1.807, 2.05) is 25.1 Å². The average molecular weight is 280 g/mol. The van der Waals surface area contributed by atoms with Crippen LogP contribution in [0.3, 0.4) is 0 Å². The first kappa shape index (κ1) is 13.9. The Kier molecular flexibility index (Phi) is 5.20. The maximum absolute atomic E-state index is 9.79. The normalized spacial score (nSPS) is 14.0. The highest BCUT2D eigenvalue weighted by Crippen LogP contribution is 2.08. The smallest absolute Gasteiger partial charge is 0.245 e. The maximum atomic E-state index is 9.79. The summed E-state index contributed by atoms with van der Waals surface area (Å²) in [4.78, 5) is 4.25. The lowest BCUT2D eigenvalue weighted by molar-refractivity contribution is 0.102. The molecule has 0 spiro atoms. The molecule has 0 saturated heterocycles. The number of aliphatic hydroxyl groups excluding tert-OH is 1. The van der Waals surface area contributed by atoms with E-state index in [9.17, 15) is 5.11 Å². The Morgan fingerprint density at radius 3 is 3.05 bits per heavy atom. The Bertz CT molecular complexity index is 466. The van der Waals surface area contributed by atoms with Crippen LogP contribution >= 0.6 is 11.7 Å². The summed E-state index contributed by atoms with van der Waals surface area (Å²) in [6.45, 7) is 2.61. The summed E-state index contributed by atoms with van der Waals surface area (Å²) in [5.41, 5.74) is 0.944. The van der Waals surface area contributed by atoms with Crippen LogP contribution in [0, 0.1) is 0 Å². The van der Waals surface area contributed by atoms with Crippen LogP contribution in [0.15, 0.2) is 30.6 Å². The molecule has 6 nitrogen and oxygen atoms in total. The fourth-order valence-corrected chi connectivity index (χ4v) is 1.87. The first-order valence-electron chi connectivity index (χ1n) is 5.98. The third-order valence-electron chi connectivity index (χ3n) is 2.56. The molecule has 7 heteroatoms. The van der Waals surface area contributed by atoms with Crippen LogP contribution in [-0.2, 0) is 0 Å². The predicted octanol–water partition coefficient (Wildman–Crippen LogP) is 1.02. The van der Waals surface area contributed by atoms with Gasteiger partial charge in [0.15, 0.2) is 0 Å². The van der Waals surface area contributed by atoms with E-state index in [1.165, 1.54) is 6.20 Å². The zero-order chi connectivity index (χ0) is 13.5. The fraction of sp³-hybridized carbons (Fsp3) is 0.417. The van der Waals surface area contributed by atoms with Crippen LogP contribution in [0.4, 0.5) is 0 Å². The third kappa shape index (κ3) is 4.55. The molecule has 0 amide bonds. The van der Waals surface area contributed by atoms with Crippen LogP contribution in [0.5, 0.6) is 5.88 Å². The molecule has 0 bridgehead atoms. The second-order valence-electron chi connectivity index (χ2n) is 4.10. The van der Waals surface area contributed by atoms with Gasteiger partial charge in [-0.05, 0) is 19.1 Å². The Morgan fingerprint density at radius 1 is 1.47 bits per heavy atom. The minimum Gasteiger partial charge on any atom is -0.473 e. The minimum atomic E-state index is -0.604. The number of nitrogens with zero attached hydrogens (tertiary/aromatic N) is 3. The first-order chi connectivity index (χ1) is 9.25. The highest BCUT2D eigenvalue weighted by atomic mass is 32.1. The molecule has 0 aliphatic carbocycles. The van der Waals surface area contributed by atoms with Crippen molar-refractivity contribution < 1.29 is 9.84 Å². The van der Waals surface area contributed by atoms with Crippen LogP contribution in [0.1, 0.15) is 18.7 Å². The van der Waals surface area contributed by atoms with Gasteiger partial charge in [-0.15, -0.1) is 4.37 Å². The van der Waals surface area contributed by atoms with Crippen LogP contribution < -0.4 is 10.1 Å². The highest BCUT2D eigenvalue weighted by molar-refractivity contribution is 6.99. The number of aliphatic hydroxyl groups is 1. The average Bonchev–Trinajstić information content (AvgIpc) is 2.96. The van der Waals surface area contributed by atoms with Gasteiger partial charge in [-0.25, -0.2) is 0 Å². The number of hydrogen-bond acceptors (Lipinski definition) is 7. The number of pyridine rings is 1. The summed E-state index contributed by atoms with van der Waals surface area (Å²) in [6.07, 6.45) is 2.68. The van der Waals surface area contributed by atoms with E-state index >= 15 is 0 Å². The molecule has 2 heterocycles. The molecule has 2 aromatic heterocycles. The molecule has 0 aromatic carbocycles. The van der Waals surface area contributed by atoms with E-state index in [0.29, 0.717) is 12.4 Å². The second kappa shape index (κ2) is 7.13. The molecule has 0 radical (unpaired) electrons. The SMILES string of the molecule is C[C@@H](NCC(O)COc1cnsn1)c1ccccn1. The van der Waals surface area contributed by atoms with Gasteiger partial charge < -0.3 is 15.2 Å². The summed E-state index contributed by atoms with van der Waals surface area (Å²) >= 11 is 1.08. The fourth-order valence-electron chi connectivity index (χ4n) is 1.51. The number of rotatable bonds is 7. The van der Waals surface area contributed by atoms with E-state index < -0.39 is 6.10 Å². The molecule has 2 atom stereocenters. The van der Waals surface area contributed by atoms with Crippen molar-refractivity contribution in [3.63, 3.8) is 0 Å². The van der Waals surface area contributed by atoms with Crippen LogP contribution in [-0.4, -0.2) is 38.1 Å². The summed E-state index contributed by atoms with van der Waals surface area (Å²) in [5, 5.41) is 13.0. The lowest BCUT2D eigenvalue weighted by Gasteiger charge is -2.16. The maximum Gasteiger partial charge on any atom is 0.245 e. The molecule has 0 fully saturated rings. The van der Waals surface area contributed by atoms with Gasteiger partial charge in [0.2, 0.25) is 5.88 Å². The van der Waals surface area contributed by atoms with Gasteiger partial charge in [-0.2, -0.15) is 4.37 Å². The topological polar surface area (TPSA) is 80.2 Å². The molecular weight excluding hydrogens is 264 g/mol. The molecule has 2 N–H and O–H groups in total. The largest absolute Gasteiger partial charge is 0.473 e. The van der Waals surface area contributed by atoms with Crippen molar-refractivity contribution in [1.82, 2.24) is 19.0 Å². The molecule has 0 saturated carbocycles. The quantitative estimate of drug-likeness (QED) is 0.788. The van der Waals surface area contributed by atoms with Crippen molar-refractivity contribution in [2.24, 2.45) is 0 Å². The van der Waals surface area contributed by atoms with Crippen LogP contribution in [0.2, 0.25) is 0 Å². The van der Waals surface area contributed by atoms with Gasteiger partial charge in [0.05, 0.1) is 17.4 Å². The standard InChI is InChI=1S/C12H16N4O2S/c1-9(11-4-2-3-5-13-11)14-6-10(17)8-18-12-7-15-19-16-12/h2-5,7,9-10,14,17H,6,8H2,1H3/t9-,10?/m1/s1. The zero-order valence-corrected chi connectivity index (χ0v) is 11.4. The van der Waals surface area contributed by atoms with Gasteiger partial charge in [0.25, 0.3) is 0 Å². The van der Waals surface area contributed by atoms with Gasteiger partial charge in [0, 0.05) is 18.8 Å². The lowest BCUT2D eigenvalue weighted by Crippen LogP contribution is -2.33. The van der Waals surface area contributed by atoms with Crippen molar-refractivity contribution in [2.45, 2.75) is 19.1 Å². The van der Waals surface area contributed by atoms with Crippen LogP contribution in [0.25, 0.3) is 0 Å². The monoisotopic (exact) mass is 280 g/mol. The Balaban J connectivity index is 1.70. The Morgan fingerprint density at radius 2 is 2.37 bits per heavy atom. The van der Waals surface area contributed by atoms with Gasteiger partial charge in [-0.1, -0.05) is 6.07 Å². The molecule has 102 valence electrons. The van der Waals surface area contributed by atoms with Gasteiger partial charge in [-0.3, -0.25) is 4.98 Å². The van der Waals surface area contributed by atoms with E-state index in [1.54, 1.807) is 6.20 Å². The summed E-state index contributed by atoms with van der Waals surface area (Å²) in [5.74, 6) is 0.446. The van der Waals surface area contributed by atoms with Crippen molar-refractivity contribution in [3.05, 3.63) is 36.3 Å². The highest BCUT2D eigenvalue weighted by Gasteiger charge is 2.10. The van der Waals surface area contributed by atoms with Crippen molar-refractivity contribution >= 4 is 11.7 Å². The molecule has 19 heavy (non-hydrogen) atoms. The second-order valence-corrected chi connectivity index (χ2v) is 4.65. The van der Waals surface area contributed by atoms with E-state index in [0.717, 1.165) is 17.4 Å². The molecule has 1 unspecified atom stereocenters. The van der Waals surface area contributed by atoms with Gasteiger partial charge in [0.1, 0.15) is 18.9 Å². The molecule has 0 aliphatic heterocycles. The number of aromatic nitrogens is 3. The predicted molar refractivity (Wildman–Crippen MR) is 72.1 cm³/mol. The third-order valence-corrected chi connectivity index (χ3v) is 3.02. The summed E-state index contributed by atoms with van der Waals surface area (Å²) < 4.78 is 13.0. The first-order valence-corrected chi connectivity index (χ1v) is 6.71. The number of ether oxygens (including phenoxy) is 1. The number of nitrogens with one attached hydrogen (secondary N) is 1. The molecule has 2 aromatic rings. The van der Waals surface area contributed by atoms with Gasteiger partial charge >= 0.3 is 0 Å². The van der Waals surface area contributed by atoms with E-state index in [-0.39, 0.29) is 12.6 Å². The number of hydrogen-bond donors (Lipinski definition) is 2. The van der Waals surface area contributed by atoms with E-state index in [4.69, 9.17) is 4.74 Å². The minimum absolute atomic E-state index is 0.0804.